The van der Waals surface area contributed by atoms with E-state index in [0.717, 1.165) is 25.2 Å². The molecule has 3 N–H and O–H groups in total. The lowest BCUT2D eigenvalue weighted by Crippen LogP contribution is -2.40. The zero-order valence-electron chi connectivity index (χ0n) is 17.2. The number of benzene rings is 1. The summed E-state index contributed by atoms with van der Waals surface area (Å²) in [5.41, 5.74) is 2.10. The maximum absolute atomic E-state index is 10.4. The highest BCUT2D eigenvalue weighted by molar-refractivity contribution is 5.79. The standard InChI is InChI=1S/C22H33N5O/c1-4-24-22(26-17-21(28)19-12-14-23-15-13-19)25-16-20(27(5-2)6-3)18-10-8-7-9-11-18/h7-15,20-21,28H,4-6,16-17H2,1-3H3,(H2,24,25,26). The molecule has 0 aliphatic heterocycles. The van der Waals surface area contributed by atoms with Crippen LogP contribution in [0.3, 0.4) is 0 Å². The number of rotatable bonds is 10. The lowest BCUT2D eigenvalue weighted by Gasteiger charge is -2.29. The van der Waals surface area contributed by atoms with Gasteiger partial charge in [0.2, 0.25) is 0 Å². The highest BCUT2D eigenvalue weighted by Gasteiger charge is 2.17. The van der Waals surface area contributed by atoms with Crippen LogP contribution in [0.2, 0.25) is 0 Å². The molecule has 1 aromatic heterocycles. The average molecular weight is 384 g/mol. The number of nitrogens with zero attached hydrogens (tertiary/aromatic N) is 3. The molecule has 0 saturated carbocycles. The van der Waals surface area contributed by atoms with E-state index in [1.165, 1.54) is 5.56 Å². The lowest BCUT2D eigenvalue weighted by molar-refractivity contribution is 0.180. The topological polar surface area (TPSA) is 72.8 Å². The Morgan fingerprint density at radius 2 is 1.68 bits per heavy atom. The van der Waals surface area contributed by atoms with Crippen molar-refractivity contribution in [3.8, 4) is 0 Å². The van der Waals surface area contributed by atoms with E-state index in [0.29, 0.717) is 19.0 Å². The lowest BCUT2D eigenvalue weighted by atomic mass is 10.1. The summed E-state index contributed by atoms with van der Waals surface area (Å²) in [6.45, 7) is 10.1. The fraction of sp³-hybridized carbons (Fsp3) is 0.455. The van der Waals surface area contributed by atoms with Crippen LogP contribution in [0.5, 0.6) is 0 Å². The summed E-state index contributed by atoms with van der Waals surface area (Å²) in [7, 11) is 0. The molecule has 0 saturated heterocycles. The van der Waals surface area contributed by atoms with E-state index in [-0.39, 0.29) is 6.04 Å². The van der Waals surface area contributed by atoms with Gasteiger partial charge in [0, 0.05) is 25.5 Å². The van der Waals surface area contributed by atoms with E-state index in [1.807, 2.05) is 25.1 Å². The molecule has 2 atom stereocenters. The highest BCUT2D eigenvalue weighted by atomic mass is 16.3. The molecule has 6 heteroatoms. The number of aromatic nitrogens is 1. The second-order valence-corrected chi connectivity index (χ2v) is 6.54. The fourth-order valence-electron chi connectivity index (χ4n) is 3.19. The second-order valence-electron chi connectivity index (χ2n) is 6.54. The van der Waals surface area contributed by atoms with E-state index in [4.69, 9.17) is 4.99 Å². The first-order valence-corrected chi connectivity index (χ1v) is 10.1. The van der Waals surface area contributed by atoms with E-state index < -0.39 is 6.10 Å². The van der Waals surface area contributed by atoms with Crippen molar-refractivity contribution in [2.75, 3.05) is 32.7 Å². The first kappa shape index (κ1) is 21.9. The van der Waals surface area contributed by atoms with Gasteiger partial charge in [0.05, 0.1) is 18.7 Å². The maximum atomic E-state index is 10.4. The summed E-state index contributed by atoms with van der Waals surface area (Å²) < 4.78 is 0. The third-order valence-corrected chi connectivity index (χ3v) is 4.76. The molecule has 0 fully saturated rings. The average Bonchev–Trinajstić information content (AvgIpc) is 2.75. The van der Waals surface area contributed by atoms with Crippen LogP contribution in [0.1, 0.15) is 44.0 Å². The predicted molar refractivity (Wildman–Crippen MR) is 115 cm³/mol. The Hall–Kier alpha value is -2.44. The molecule has 1 heterocycles. The molecule has 0 radical (unpaired) electrons. The second kappa shape index (κ2) is 12.1. The molecule has 28 heavy (non-hydrogen) atoms. The van der Waals surface area contributed by atoms with E-state index in [1.54, 1.807) is 12.4 Å². The number of nitrogens with one attached hydrogen (secondary N) is 2. The van der Waals surface area contributed by atoms with Crippen molar-refractivity contribution in [1.29, 1.82) is 0 Å². The fourth-order valence-corrected chi connectivity index (χ4v) is 3.19. The van der Waals surface area contributed by atoms with Crippen LogP contribution in [0.25, 0.3) is 0 Å². The van der Waals surface area contributed by atoms with Crippen LogP contribution in [0.4, 0.5) is 0 Å². The summed E-state index contributed by atoms with van der Waals surface area (Å²) in [6.07, 6.45) is 2.76. The van der Waals surface area contributed by atoms with Gasteiger partial charge in [-0.2, -0.15) is 0 Å². The Labute approximate surface area is 168 Å². The quantitative estimate of drug-likeness (QED) is 0.435. The molecule has 152 valence electrons. The molecule has 0 spiro atoms. The predicted octanol–water partition coefficient (Wildman–Crippen LogP) is 2.75. The third-order valence-electron chi connectivity index (χ3n) is 4.76. The largest absolute Gasteiger partial charge is 0.387 e. The number of aliphatic imine (C=N–C) groups is 1. The molecule has 0 aliphatic carbocycles. The third kappa shape index (κ3) is 6.62. The molecular weight excluding hydrogens is 350 g/mol. The van der Waals surface area contributed by atoms with Crippen LogP contribution in [0, 0.1) is 0 Å². The van der Waals surface area contributed by atoms with Crippen LogP contribution in [-0.2, 0) is 0 Å². The Balaban J connectivity index is 2.07. The SMILES string of the molecule is CCNC(=NCC(c1ccccc1)N(CC)CC)NCC(O)c1ccncc1. The number of aliphatic hydroxyl groups excluding tert-OH is 1. The molecule has 0 aliphatic rings. The van der Waals surface area contributed by atoms with Crippen molar-refractivity contribution in [3.05, 3.63) is 66.0 Å². The molecule has 0 bridgehead atoms. The minimum absolute atomic E-state index is 0.219. The highest BCUT2D eigenvalue weighted by Crippen LogP contribution is 2.20. The van der Waals surface area contributed by atoms with Gasteiger partial charge in [-0.1, -0.05) is 44.2 Å². The summed E-state index contributed by atoms with van der Waals surface area (Å²) in [6, 6.07) is 14.4. The zero-order chi connectivity index (χ0) is 20.2. The molecule has 2 unspecified atom stereocenters. The smallest absolute Gasteiger partial charge is 0.191 e. The van der Waals surface area contributed by atoms with Crippen molar-refractivity contribution in [1.82, 2.24) is 20.5 Å². The van der Waals surface area contributed by atoms with Crippen molar-refractivity contribution in [2.24, 2.45) is 4.99 Å². The Kier molecular flexibility index (Phi) is 9.45. The number of hydrogen-bond donors (Lipinski definition) is 3. The summed E-state index contributed by atoms with van der Waals surface area (Å²) in [5.74, 6) is 0.712. The Bertz CT molecular complexity index is 689. The summed E-state index contributed by atoms with van der Waals surface area (Å²) >= 11 is 0. The van der Waals surface area contributed by atoms with Gasteiger partial charge in [-0.05, 0) is 43.3 Å². The van der Waals surface area contributed by atoms with Crippen LogP contribution in [0.15, 0.2) is 59.9 Å². The van der Waals surface area contributed by atoms with Crippen molar-refractivity contribution in [2.45, 2.75) is 32.9 Å². The van der Waals surface area contributed by atoms with Crippen molar-refractivity contribution in [3.63, 3.8) is 0 Å². The molecule has 6 nitrogen and oxygen atoms in total. The molecular formula is C22H33N5O. The van der Waals surface area contributed by atoms with E-state index in [9.17, 15) is 5.11 Å². The summed E-state index contributed by atoms with van der Waals surface area (Å²) in [4.78, 5) is 11.2. The molecule has 2 rings (SSSR count). The zero-order valence-corrected chi connectivity index (χ0v) is 17.2. The molecule has 0 amide bonds. The first-order chi connectivity index (χ1) is 13.7. The minimum Gasteiger partial charge on any atom is -0.387 e. The van der Waals surface area contributed by atoms with E-state index in [2.05, 4.69) is 58.6 Å². The van der Waals surface area contributed by atoms with Crippen molar-refractivity contribution >= 4 is 5.96 Å². The van der Waals surface area contributed by atoms with Gasteiger partial charge in [0.15, 0.2) is 5.96 Å². The Morgan fingerprint density at radius 3 is 2.29 bits per heavy atom. The van der Waals surface area contributed by atoms with Gasteiger partial charge in [-0.15, -0.1) is 0 Å². The number of guanidine groups is 1. The summed E-state index contributed by atoms with van der Waals surface area (Å²) in [5, 5.41) is 16.9. The van der Waals surface area contributed by atoms with Crippen LogP contribution < -0.4 is 10.6 Å². The van der Waals surface area contributed by atoms with Gasteiger partial charge in [0.25, 0.3) is 0 Å². The van der Waals surface area contributed by atoms with Gasteiger partial charge < -0.3 is 15.7 Å². The van der Waals surface area contributed by atoms with Gasteiger partial charge in [-0.3, -0.25) is 14.9 Å². The van der Waals surface area contributed by atoms with Crippen LogP contribution in [-0.4, -0.2) is 53.7 Å². The van der Waals surface area contributed by atoms with Gasteiger partial charge >= 0.3 is 0 Å². The number of pyridine rings is 1. The minimum atomic E-state index is -0.612. The molecule has 1 aromatic carbocycles. The first-order valence-electron chi connectivity index (χ1n) is 10.1. The number of aliphatic hydroxyl groups is 1. The molecule has 2 aromatic rings. The maximum Gasteiger partial charge on any atom is 0.191 e. The van der Waals surface area contributed by atoms with Crippen molar-refractivity contribution < 1.29 is 5.11 Å². The van der Waals surface area contributed by atoms with Crippen LogP contribution >= 0.6 is 0 Å². The van der Waals surface area contributed by atoms with Gasteiger partial charge in [-0.25, -0.2) is 0 Å². The van der Waals surface area contributed by atoms with Gasteiger partial charge in [0.1, 0.15) is 0 Å². The monoisotopic (exact) mass is 383 g/mol. The normalized spacial score (nSPS) is 14.0. The van der Waals surface area contributed by atoms with E-state index >= 15 is 0 Å². The number of hydrogen-bond acceptors (Lipinski definition) is 4. The Morgan fingerprint density at radius 1 is 1.00 bits per heavy atom. The number of likely N-dealkylation sites (N-methyl/N-ethyl adjacent to an activating group) is 1.